The average molecular weight is 347 g/mol. The van der Waals surface area contributed by atoms with E-state index in [0.29, 0.717) is 12.3 Å². The molecule has 1 heterocycles. The lowest BCUT2D eigenvalue weighted by Gasteiger charge is -2.22. The van der Waals surface area contributed by atoms with E-state index >= 15 is 0 Å². The number of aromatic nitrogens is 1. The van der Waals surface area contributed by atoms with Gasteiger partial charge in [-0.1, -0.05) is 18.2 Å². The molecule has 0 saturated carbocycles. The summed E-state index contributed by atoms with van der Waals surface area (Å²) in [6.45, 7) is 4.16. The van der Waals surface area contributed by atoms with Crippen LogP contribution in [0.25, 0.3) is 0 Å². The summed E-state index contributed by atoms with van der Waals surface area (Å²) >= 11 is 0. The summed E-state index contributed by atoms with van der Waals surface area (Å²) in [7, 11) is 3.04. The molecule has 1 aromatic heterocycles. The molecule has 1 unspecified atom stereocenters. The summed E-state index contributed by atoms with van der Waals surface area (Å²) < 4.78 is 14.4. The minimum atomic E-state index is -1.01. The first-order valence-electron chi connectivity index (χ1n) is 8.15. The zero-order valence-electron chi connectivity index (χ0n) is 14.6. The van der Waals surface area contributed by atoms with Crippen molar-refractivity contribution in [3.05, 3.63) is 54.4 Å². The predicted molar refractivity (Wildman–Crippen MR) is 101 cm³/mol. The maximum atomic E-state index is 12.3. The maximum Gasteiger partial charge on any atom is 0.194 e. The molecule has 0 saturated heterocycles. The van der Waals surface area contributed by atoms with Crippen LogP contribution in [0.1, 0.15) is 12.6 Å². The molecule has 0 fully saturated rings. The van der Waals surface area contributed by atoms with Crippen molar-refractivity contribution in [1.82, 2.24) is 14.8 Å². The Morgan fingerprint density at radius 3 is 2.62 bits per heavy atom. The molecule has 5 nitrogen and oxygen atoms in total. The van der Waals surface area contributed by atoms with Crippen LogP contribution in [0.3, 0.4) is 0 Å². The number of hydrogen-bond donors (Lipinski definition) is 1. The van der Waals surface area contributed by atoms with Crippen LogP contribution >= 0.6 is 0 Å². The van der Waals surface area contributed by atoms with E-state index in [9.17, 15) is 4.21 Å². The molecule has 2 aromatic rings. The topological polar surface area (TPSA) is 49.6 Å². The number of aryl methyl sites for hydroxylation is 1. The third-order valence-electron chi connectivity index (χ3n) is 3.69. The van der Waals surface area contributed by atoms with Gasteiger partial charge in [-0.15, -0.1) is 0 Å². The van der Waals surface area contributed by atoms with Crippen molar-refractivity contribution in [2.45, 2.75) is 18.4 Å². The molecule has 6 heteroatoms. The lowest BCUT2D eigenvalue weighted by molar-refractivity contribution is 0.462. The smallest absolute Gasteiger partial charge is 0.194 e. The Hall–Kier alpha value is -2.08. The maximum absolute atomic E-state index is 12.3. The van der Waals surface area contributed by atoms with Crippen molar-refractivity contribution >= 4 is 16.8 Å². The Morgan fingerprint density at radius 2 is 2.00 bits per heavy atom. The molecule has 0 amide bonds. The van der Waals surface area contributed by atoms with Gasteiger partial charge >= 0.3 is 0 Å². The van der Waals surface area contributed by atoms with Crippen molar-refractivity contribution in [3.8, 4) is 0 Å². The zero-order chi connectivity index (χ0) is 17.4. The second-order valence-corrected chi connectivity index (χ2v) is 7.14. The largest absolute Gasteiger partial charge is 0.357 e. The molecule has 130 valence electrons. The molecular formula is C18H26N4OS. The number of benzene rings is 1. The first-order chi connectivity index (χ1) is 11.6. The van der Waals surface area contributed by atoms with Crippen LogP contribution in [-0.2, 0) is 24.4 Å². The van der Waals surface area contributed by atoms with Crippen molar-refractivity contribution in [3.63, 3.8) is 0 Å². The van der Waals surface area contributed by atoms with Crippen LogP contribution < -0.4 is 5.32 Å². The van der Waals surface area contributed by atoms with Crippen LogP contribution in [0.2, 0.25) is 0 Å². The molecule has 24 heavy (non-hydrogen) atoms. The van der Waals surface area contributed by atoms with Crippen LogP contribution in [0.5, 0.6) is 0 Å². The van der Waals surface area contributed by atoms with Gasteiger partial charge in [-0.05, 0) is 31.2 Å². The van der Waals surface area contributed by atoms with Crippen LogP contribution in [0.4, 0.5) is 0 Å². The van der Waals surface area contributed by atoms with Gasteiger partial charge in [0.25, 0.3) is 0 Å². The minimum Gasteiger partial charge on any atom is -0.357 e. The number of hydrogen-bond acceptors (Lipinski definition) is 2. The second-order valence-electron chi connectivity index (χ2n) is 5.56. The highest BCUT2D eigenvalue weighted by atomic mass is 32.2. The molecule has 0 aliphatic rings. The molecule has 0 spiro atoms. The van der Waals surface area contributed by atoms with E-state index in [1.807, 2.05) is 63.6 Å². The van der Waals surface area contributed by atoms with E-state index in [1.54, 1.807) is 0 Å². The molecule has 0 radical (unpaired) electrons. The van der Waals surface area contributed by atoms with E-state index in [0.717, 1.165) is 23.9 Å². The SMILES string of the molecule is CCNC(=NCCS(=O)c1ccccc1)N(C)Cc1cccn1C. The predicted octanol–water partition coefficient (Wildman–Crippen LogP) is 2.23. The third kappa shape index (κ3) is 5.23. The van der Waals surface area contributed by atoms with Gasteiger partial charge < -0.3 is 14.8 Å². The molecule has 0 aliphatic carbocycles. The molecule has 1 atom stereocenters. The summed E-state index contributed by atoms with van der Waals surface area (Å²) in [5.41, 5.74) is 1.22. The first kappa shape index (κ1) is 18.3. The Bertz CT molecular complexity index is 681. The zero-order valence-corrected chi connectivity index (χ0v) is 15.4. The summed E-state index contributed by atoms with van der Waals surface area (Å²) in [5, 5.41) is 3.30. The Labute approximate surface area is 146 Å². The fourth-order valence-corrected chi connectivity index (χ4v) is 3.33. The summed E-state index contributed by atoms with van der Waals surface area (Å²) in [4.78, 5) is 7.56. The van der Waals surface area contributed by atoms with E-state index < -0.39 is 10.8 Å². The number of guanidine groups is 1. The van der Waals surface area contributed by atoms with Gasteiger partial charge in [0.15, 0.2) is 5.96 Å². The highest BCUT2D eigenvalue weighted by molar-refractivity contribution is 7.85. The van der Waals surface area contributed by atoms with E-state index in [2.05, 4.69) is 25.8 Å². The fourth-order valence-electron chi connectivity index (χ4n) is 2.37. The highest BCUT2D eigenvalue weighted by Gasteiger charge is 2.09. The first-order valence-corrected chi connectivity index (χ1v) is 9.46. The molecule has 1 N–H and O–H groups in total. The summed E-state index contributed by atoms with van der Waals surface area (Å²) in [6.07, 6.45) is 2.04. The molecule has 2 rings (SSSR count). The highest BCUT2D eigenvalue weighted by Crippen LogP contribution is 2.06. The standard InChI is InChI=1S/C18H26N4OS/c1-4-19-18(22(3)15-16-9-8-13-21(16)2)20-12-14-24(23)17-10-6-5-7-11-17/h5-11,13H,4,12,14-15H2,1-3H3,(H,19,20). The van der Waals surface area contributed by atoms with Gasteiger partial charge in [0.2, 0.25) is 0 Å². The van der Waals surface area contributed by atoms with Gasteiger partial charge in [0.1, 0.15) is 0 Å². The van der Waals surface area contributed by atoms with E-state index in [1.165, 1.54) is 5.69 Å². The quantitative estimate of drug-likeness (QED) is 0.618. The number of aliphatic imine (C=N–C) groups is 1. The average Bonchev–Trinajstić information content (AvgIpc) is 2.99. The van der Waals surface area contributed by atoms with Crippen LogP contribution in [-0.4, -0.2) is 45.5 Å². The van der Waals surface area contributed by atoms with Crippen molar-refractivity contribution < 1.29 is 4.21 Å². The lowest BCUT2D eigenvalue weighted by Crippen LogP contribution is -2.39. The summed E-state index contributed by atoms with van der Waals surface area (Å²) in [6, 6.07) is 13.7. The Balaban J connectivity index is 1.95. The normalized spacial score (nSPS) is 12.9. The van der Waals surface area contributed by atoms with Crippen molar-refractivity contribution in [1.29, 1.82) is 0 Å². The van der Waals surface area contributed by atoms with Crippen molar-refractivity contribution in [2.24, 2.45) is 12.0 Å². The van der Waals surface area contributed by atoms with Gasteiger partial charge in [0, 0.05) is 43.2 Å². The van der Waals surface area contributed by atoms with Crippen LogP contribution in [0, 0.1) is 0 Å². The summed E-state index contributed by atoms with van der Waals surface area (Å²) in [5.74, 6) is 1.36. The Kier molecular flexibility index (Phi) is 7.06. The molecule has 1 aromatic carbocycles. The van der Waals surface area contributed by atoms with Crippen molar-refractivity contribution in [2.75, 3.05) is 25.9 Å². The monoisotopic (exact) mass is 346 g/mol. The Morgan fingerprint density at radius 1 is 1.25 bits per heavy atom. The molecule has 0 aliphatic heterocycles. The van der Waals surface area contributed by atoms with E-state index in [-0.39, 0.29) is 0 Å². The van der Waals surface area contributed by atoms with Gasteiger partial charge in [-0.25, -0.2) is 0 Å². The fraction of sp³-hybridized carbons (Fsp3) is 0.389. The lowest BCUT2D eigenvalue weighted by atomic mass is 10.4. The number of nitrogens with one attached hydrogen (secondary N) is 1. The van der Waals surface area contributed by atoms with Gasteiger partial charge in [-0.3, -0.25) is 9.20 Å². The molecule has 0 bridgehead atoms. The van der Waals surface area contributed by atoms with Crippen LogP contribution in [0.15, 0.2) is 58.5 Å². The number of rotatable bonds is 7. The van der Waals surface area contributed by atoms with Gasteiger partial charge in [0.05, 0.1) is 23.9 Å². The molecular weight excluding hydrogens is 320 g/mol. The van der Waals surface area contributed by atoms with Gasteiger partial charge in [-0.2, -0.15) is 0 Å². The minimum absolute atomic E-state index is 0.525. The third-order valence-corrected chi connectivity index (χ3v) is 5.04. The second kappa shape index (κ2) is 9.27. The van der Waals surface area contributed by atoms with E-state index in [4.69, 9.17) is 0 Å². The number of nitrogens with zero attached hydrogens (tertiary/aromatic N) is 3.